The fraction of sp³-hybridized carbons (Fsp3) is 1.00. The molecule has 0 aliphatic carbocycles. The lowest BCUT2D eigenvalue weighted by Gasteiger charge is -2.39. The van der Waals surface area contributed by atoms with Crippen LogP contribution in [-0.4, -0.2) is 49.8 Å². The van der Waals surface area contributed by atoms with Gasteiger partial charge in [-0.2, -0.15) is 0 Å². The van der Waals surface area contributed by atoms with Crippen molar-refractivity contribution in [3.8, 4) is 0 Å². The SMILES string of the molecule is COC1(C)CCCN(CCNC(C)CCC(C)C)C1. The summed E-state index contributed by atoms with van der Waals surface area (Å²) >= 11 is 0. The predicted octanol–water partition coefficient (Wildman–Crippen LogP) is 2.90. The first-order chi connectivity index (χ1) is 8.95. The van der Waals surface area contributed by atoms with Crippen LogP contribution in [0.4, 0.5) is 0 Å². The third-order valence-corrected chi connectivity index (χ3v) is 4.33. The molecule has 1 aliphatic rings. The van der Waals surface area contributed by atoms with Crippen LogP contribution in [0.3, 0.4) is 0 Å². The molecule has 1 aliphatic heterocycles. The maximum absolute atomic E-state index is 5.64. The minimum absolute atomic E-state index is 0.0709. The fourth-order valence-electron chi connectivity index (χ4n) is 2.82. The van der Waals surface area contributed by atoms with Gasteiger partial charge < -0.3 is 10.1 Å². The molecule has 19 heavy (non-hydrogen) atoms. The van der Waals surface area contributed by atoms with Gasteiger partial charge in [0.15, 0.2) is 0 Å². The van der Waals surface area contributed by atoms with Crippen molar-refractivity contribution in [3.05, 3.63) is 0 Å². The first-order valence-corrected chi connectivity index (χ1v) is 7.96. The number of likely N-dealkylation sites (tertiary alicyclic amines) is 1. The Morgan fingerprint density at radius 3 is 2.63 bits per heavy atom. The summed E-state index contributed by atoms with van der Waals surface area (Å²) < 4.78 is 5.64. The topological polar surface area (TPSA) is 24.5 Å². The molecule has 1 N–H and O–H groups in total. The van der Waals surface area contributed by atoms with Crippen LogP contribution < -0.4 is 5.32 Å². The third kappa shape index (κ3) is 6.73. The number of ether oxygens (including phenoxy) is 1. The number of rotatable bonds is 8. The number of hydrogen-bond donors (Lipinski definition) is 1. The number of nitrogens with one attached hydrogen (secondary N) is 1. The molecule has 0 amide bonds. The number of hydrogen-bond acceptors (Lipinski definition) is 3. The van der Waals surface area contributed by atoms with Gasteiger partial charge in [-0.05, 0) is 52.0 Å². The summed E-state index contributed by atoms with van der Waals surface area (Å²) in [6.45, 7) is 13.7. The van der Waals surface area contributed by atoms with E-state index in [1.165, 1.54) is 32.2 Å². The maximum atomic E-state index is 5.64. The zero-order chi connectivity index (χ0) is 14.3. The molecular formula is C16H34N2O. The predicted molar refractivity (Wildman–Crippen MR) is 82.6 cm³/mol. The highest BCUT2D eigenvalue weighted by atomic mass is 16.5. The first kappa shape index (κ1) is 16.9. The van der Waals surface area contributed by atoms with E-state index in [4.69, 9.17) is 4.74 Å². The average molecular weight is 270 g/mol. The molecule has 1 heterocycles. The van der Waals surface area contributed by atoms with Crippen LogP contribution in [0.15, 0.2) is 0 Å². The zero-order valence-electron chi connectivity index (χ0n) is 13.7. The van der Waals surface area contributed by atoms with Crippen LogP contribution in [-0.2, 0) is 4.74 Å². The summed E-state index contributed by atoms with van der Waals surface area (Å²) in [5, 5.41) is 3.65. The molecule has 3 nitrogen and oxygen atoms in total. The highest BCUT2D eigenvalue weighted by Crippen LogP contribution is 2.23. The standard InChI is InChI=1S/C16H34N2O/c1-14(2)7-8-15(3)17-10-12-18-11-6-9-16(4,13-18)19-5/h14-15,17H,6-13H2,1-5H3. The lowest BCUT2D eigenvalue weighted by atomic mass is 9.95. The van der Waals surface area contributed by atoms with E-state index < -0.39 is 0 Å². The second-order valence-corrected chi connectivity index (χ2v) is 6.86. The Balaban J connectivity index is 2.15. The summed E-state index contributed by atoms with van der Waals surface area (Å²) in [5.74, 6) is 0.814. The molecule has 0 aromatic rings. The van der Waals surface area contributed by atoms with E-state index >= 15 is 0 Å². The molecule has 114 valence electrons. The van der Waals surface area contributed by atoms with Gasteiger partial charge in [0.25, 0.3) is 0 Å². The number of piperidine rings is 1. The Morgan fingerprint density at radius 2 is 2.00 bits per heavy atom. The Hall–Kier alpha value is -0.120. The molecule has 0 aromatic heterocycles. The van der Waals surface area contributed by atoms with Crippen molar-refractivity contribution in [2.75, 3.05) is 33.3 Å². The van der Waals surface area contributed by atoms with E-state index in [0.717, 1.165) is 25.6 Å². The summed E-state index contributed by atoms with van der Waals surface area (Å²) in [5.41, 5.74) is 0.0709. The molecule has 3 heteroatoms. The van der Waals surface area contributed by atoms with Gasteiger partial charge in [0.05, 0.1) is 5.60 Å². The van der Waals surface area contributed by atoms with Gasteiger partial charge >= 0.3 is 0 Å². The molecule has 1 fully saturated rings. The average Bonchev–Trinajstić information content (AvgIpc) is 2.36. The number of nitrogens with zero attached hydrogens (tertiary/aromatic N) is 1. The van der Waals surface area contributed by atoms with E-state index in [2.05, 4.69) is 37.9 Å². The van der Waals surface area contributed by atoms with Crippen LogP contribution in [0.25, 0.3) is 0 Å². The highest BCUT2D eigenvalue weighted by Gasteiger charge is 2.30. The normalized spacial score (nSPS) is 26.8. The van der Waals surface area contributed by atoms with Crippen molar-refractivity contribution in [2.45, 2.75) is 65.0 Å². The lowest BCUT2D eigenvalue weighted by molar-refractivity contribution is -0.0503. The van der Waals surface area contributed by atoms with Crippen molar-refractivity contribution in [1.82, 2.24) is 10.2 Å². The molecule has 2 unspecified atom stereocenters. The second kappa shape index (κ2) is 8.23. The molecule has 0 saturated carbocycles. The van der Waals surface area contributed by atoms with Crippen molar-refractivity contribution >= 4 is 0 Å². The lowest BCUT2D eigenvalue weighted by Crippen LogP contribution is -2.49. The second-order valence-electron chi connectivity index (χ2n) is 6.86. The fourth-order valence-corrected chi connectivity index (χ4v) is 2.82. The zero-order valence-corrected chi connectivity index (χ0v) is 13.7. The summed E-state index contributed by atoms with van der Waals surface area (Å²) in [7, 11) is 1.84. The van der Waals surface area contributed by atoms with Gasteiger partial charge in [0.2, 0.25) is 0 Å². The van der Waals surface area contributed by atoms with Gasteiger partial charge in [-0.1, -0.05) is 13.8 Å². The molecule has 0 bridgehead atoms. The largest absolute Gasteiger partial charge is 0.377 e. The van der Waals surface area contributed by atoms with Gasteiger partial charge in [0.1, 0.15) is 0 Å². The third-order valence-electron chi connectivity index (χ3n) is 4.33. The van der Waals surface area contributed by atoms with Crippen LogP contribution in [0, 0.1) is 5.92 Å². The molecule has 1 rings (SSSR count). The highest BCUT2D eigenvalue weighted by molar-refractivity contribution is 4.84. The van der Waals surface area contributed by atoms with Crippen LogP contribution in [0.5, 0.6) is 0 Å². The van der Waals surface area contributed by atoms with Gasteiger partial charge in [-0.3, -0.25) is 4.90 Å². The van der Waals surface area contributed by atoms with Crippen molar-refractivity contribution in [3.63, 3.8) is 0 Å². The van der Waals surface area contributed by atoms with Crippen molar-refractivity contribution in [2.24, 2.45) is 5.92 Å². The first-order valence-electron chi connectivity index (χ1n) is 7.96. The quantitative estimate of drug-likeness (QED) is 0.734. The van der Waals surface area contributed by atoms with Crippen molar-refractivity contribution in [1.29, 1.82) is 0 Å². The van der Waals surface area contributed by atoms with E-state index in [1.807, 2.05) is 7.11 Å². The Bertz CT molecular complexity index is 245. The smallest absolute Gasteiger partial charge is 0.0777 e. The maximum Gasteiger partial charge on any atom is 0.0777 e. The van der Waals surface area contributed by atoms with Crippen LogP contribution in [0.2, 0.25) is 0 Å². The van der Waals surface area contributed by atoms with E-state index in [1.54, 1.807) is 0 Å². The molecule has 0 radical (unpaired) electrons. The van der Waals surface area contributed by atoms with Gasteiger partial charge in [0, 0.05) is 32.8 Å². The van der Waals surface area contributed by atoms with Crippen LogP contribution >= 0.6 is 0 Å². The molecule has 1 saturated heterocycles. The van der Waals surface area contributed by atoms with Gasteiger partial charge in [-0.15, -0.1) is 0 Å². The molecule has 2 atom stereocenters. The molecule has 0 spiro atoms. The minimum atomic E-state index is 0.0709. The Kier molecular flexibility index (Phi) is 7.33. The Morgan fingerprint density at radius 1 is 1.26 bits per heavy atom. The van der Waals surface area contributed by atoms with E-state index in [0.29, 0.717) is 6.04 Å². The monoisotopic (exact) mass is 270 g/mol. The summed E-state index contributed by atoms with van der Waals surface area (Å²) in [4.78, 5) is 2.54. The number of methoxy groups -OCH3 is 1. The van der Waals surface area contributed by atoms with Crippen LogP contribution in [0.1, 0.15) is 53.4 Å². The van der Waals surface area contributed by atoms with E-state index in [9.17, 15) is 0 Å². The van der Waals surface area contributed by atoms with Gasteiger partial charge in [-0.25, -0.2) is 0 Å². The Labute approximate surface area is 120 Å². The minimum Gasteiger partial charge on any atom is -0.377 e. The summed E-state index contributed by atoms with van der Waals surface area (Å²) in [6.07, 6.45) is 5.05. The molecule has 0 aromatic carbocycles. The molecular weight excluding hydrogens is 236 g/mol. The summed E-state index contributed by atoms with van der Waals surface area (Å²) in [6, 6.07) is 0.640. The van der Waals surface area contributed by atoms with Crippen molar-refractivity contribution < 1.29 is 4.74 Å². The van der Waals surface area contributed by atoms with E-state index in [-0.39, 0.29) is 5.60 Å².